The van der Waals surface area contributed by atoms with Crippen molar-refractivity contribution in [2.45, 2.75) is 123 Å². The highest BCUT2D eigenvalue weighted by Gasteiger charge is 2.60. The number of hydrogen-bond donors (Lipinski definition) is 13. The van der Waals surface area contributed by atoms with Crippen molar-refractivity contribution < 1.29 is 59.5 Å². The molecular weight excluding hydrogens is 602 g/mol. The van der Waals surface area contributed by atoms with E-state index in [1.165, 1.54) is 0 Å². The Hall–Kier alpha value is -1.66. The zero-order chi connectivity index (χ0) is 33.4. The molecule has 2 aliphatic carbocycles. The summed E-state index contributed by atoms with van der Waals surface area (Å²) in [6.45, 7) is 1.90. The number of aliphatic hydroxyl groups excluding tert-OH is 6. The van der Waals surface area contributed by atoms with Gasteiger partial charge in [0.25, 0.3) is 0 Å². The quantitative estimate of drug-likeness (QED) is 0.0688. The van der Waals surface area contributed by atoms with Gasteiger partial charge in [-0.25, -0.2) is 4.99 Å². The first-order chi connectivity index (χ1) is 21.1. The fourth-order valence-corrected chi connectivity index (χ4v) is 6.26. The van der Waals surface area contributed by atoms with Crippen LogP contribution in [-0.2, 0) is 23.7 Å². The maximum Gasteiger partial charge on any atom is 0.186 e. The molecule has 4 fully saturated rings. The molecule has 19 nitrogen and oxygen atoms in total. The van der Waals surface area contributed by atoms with Crippen LogP contribution in [0, 0.1) is 5.92 Å². The molecule has 4 rings (SSSR count). The van der Waals surface area contributed by atoms with Crippen molar-refractivity contribution in [3.63, 3.8) is 0 Å². The largest absolute Gasteiger partial charge is 0.394 e. The number of rotatable bonds is 12. The standard InChI is InChI=1S/C26H49N7O12/c1-2-32-6-10-17(37)18(38)15(29)23(42-10)45-22-9(27)3-8(4-13(35)26(41)5-12(26)33-25(30)31)21(20(22)40)44-24-19(39)14(28)16(36)11(7-34)43-24/h8-12,14-24,32,34,36-41H,2-7,27-29H2,1H3,(H4,30,31,33)/t8-,9-,10+,11+,12?,14-,15+,16+,17+,18+,19+,20+,21-,22?,23+,24+,26?/m0/s1. The molecule has 2 saturated heterocycles. The van der Waals surface area contributed by atoms with Gasteiger partial charge < -0.3 is 88.7 Å². The summed E-state index contributed by atoms with van der Waals surface area (Å²) in [6.07, 6.45) is -15.5. The third-order valence-electron chi connectivity index (χ3n) is 9.13. The molecule has 0 aromatic rings. The lowest BCUT2D eigenvalue weighted by Gasteiger charge is -2.49. The van der Waals surface area contributed by atoms with Gasteiger partial charge in [-0.1, -0.05) is 6.92 Å². The molecule has 2 aliphatic heterocycles. The Morgan fingerprint density at radius 1 is 0.911 bits per heavy atom. The molecule has 0 aromatic carbocycles. The number of nitrogens with zero attached hydrogens (tertiary/aromatic N) is 1. The summed E-state index contributed by atoms with van der Waals surface area (Å²) in [5.41, 5.74) is 27.4. The number of aliphatic imine (C=N–C) groups is 1. The summed E-state index contributed by atoms with van der Waals surface area (Å²) in [6, 6.07) is -4.33. The first kappa shape index (κ1) is 36.2. The van der Waals surface area contributed by atoms with E-state index >= 15 is 0 Å². The number of carbonyl (C=O) groups excluding carboxylic acids is 1. The Labute approximate surface area is 259 Å². The van der Waals surface area contributed by atoms with Crippen LogP contribution >= 0.6 is 0 Å². The molecule has 260 valence electrons. The van der Waals surface area contributed by atoms with Gasteiger partial charge in [-0.05, 0) is 18.9 Å². The lowest BCUT2D eigenvalue weighted by Crippen LogP contribution is -2.68. The lowest BCUT2D eigenvalue weighted by atomic mass is 9.76. The molecule has 4 aliphatic rings. The number of nitrogens with one attached hydrogen (secondary N) is 1. The summed E-state index contributed by atoms with van der Waals surface area (Å²) in [7, 11) is 0. The maximum absolute atomic E-state index is 13.3. The van der Waals surface area contributed by atoms with E-state index in [0.717, 1.165) is 0 Å². The van der Waals surface area contributed by atoms with Crippen LogP contribution < -0.4 is 34.0 Å². The minimum Gasteiger partial charge on any atom is -0.394 e. The Balaban J connectivity index is 1.57. The van der Waals surface area contributed by atoms with E-state index < -0.39 is 116 Å². The predicted octanol–water partition coefficient (Wildman–Crippen LogP) is -7.65. The fraction of sp³-hybridized carbons (Fsp3) is 0.923. The van der Waals surface area contributed by atoms with Gasteiger partial charge in [-0.2, -0.15) is 0 Å². The Morgan fingerprint density at radius 3 is 2.18 bits per heavy atom. The Kier molecular flexibility index (Phi) is 11.8. The summed E-state index contributed by atoms with van der Waals surface area (Å²) in [4.78, 5) is 17.1. The second kappa shape index (κ2) is 14.6. The molecule has 2 saturated carbocycles. The van der Waals surface area contributed by atoms with E-state index in [0.29, 0.717) is 6.54 Å². The van der Waals surface area contributed by atoms with Crippen molar-refractivity contribution >= 4 is 11.7 Å². The number of nitrogens with two attached hydrogens (primary N) is 5. The van der Waals surface area contributed by atoms with Crippen molar-refractivity contribution in [3.8, 4) is 0 Å². The highest BCUT2D eigenvalue weighted by Crippen LogP contribution is 2.43. The zero-order valence-electron chi connectivity index (χ0n) is 25.0. The second-order valence-electron chi connectivity index (χ2n) is 12.4. The van der Waals surface area contributed by atoms with Crippen molar-refractivity contribution in [3.05, 3.63) is 0 Å². The van der Waals surface area contributed by atoms with Gasteiger partial charge in [0.2, 0.25) is 0 Å². The van der Waals surface area contributed by atoms with E-state index in [-0.39, 0.29) is 31.8 Å². The van der Waals surface area contributed by atoms with Crippen LogP contribution in [0.15, 0.2) is 4.99 Å². The minimum absolute atomic E-state index is 0.0170. The van der Waals surface area contributed by atoms with Crippen LogP contribution in [0.1, 0.15) is 26.2 Å². The first-order valence-electron chi connectivity index (χ1n) is 15.1. The molecule has 0 aromatic heterocycles. The summed E-state index contributed by atoms with van der Waals surface area (Å²) in [5, 5.41) is 77.1. The van der Waals surface area contributed by atoms with Crippen LogP contribution in [0.3, 0.4) is 0 Å². The number of ketones is 1. The van der Waals surface area contributed by atoms with Crippen molar-refractivity contribution in [2.24, 2.45) is 39.6 Å². The van der Waals surface area contributed by atoms with E-state index in [4.69, 9.17) is 47.6 Å². The third-order valence-corrected chi connectivity index (χ3v) is 9.13. The molecular formula is C26H49N7O12. The fourth-order valence-electron chi connectivity index (χ4n) is 6.26. The van der Waals surface area contributed by atoms with Crippen molar-refractivity contribution in [1.29, 1.82) is 0 Å². The average Bonchev–Trinajstić information content (AvgIpc) is 3.65. The number of ether oxygens (including phenoxy) is 4. The number of aliphatic hydroxyl groups is 7. The van der Waals surface area contributed by atoms with Crippen LogP contribution in [0.5, 0.6) is 0 Å². The van der Waals surface area contributed by atoms with Crippen molar-refractivity contribution in [1.82, 2.24) is 5.32 Å². The number of hydrogen-bond acceptors (Lipinski definition) is 17. The molecule has 19 heteroatoms. The number of carbonyl (C=O) groups is 1. The van der Waals surface area contributed by atoms with Crippen molar-refractivity contribution in [2.75, 3.05) is 19.7 Å². The van der Waals surface area contributed by atoms with E-state index in [1.54, 1.807) is 0 Å². The van der Waals surface area contributed by atoms with E-state index in [2.05, 4.69) is 10.3 Å². The lowest BCUT2D eigenvalue weighted by molar-refractivity contribution is -0.323. The highest BCUT2D eigenvalue weighted by atomic mass is 16.7. The topological polar surface area (TPSA) is 350 Å². The van der Waals surface area contributed by atoms with E-state index in [1.807, 2.05) is 6.92 Å². The van der Waals surface area contributed by atoms with Crippen LogP contribution in [0.25, 0.3) is 0 Å². The van der Waals surface area contributed by atoms with Gasteiger partial charge >= 0.3 is 0 Å². The van der Waals surface area contributed by atoms with Crippen LogP contribution in [0.2, 0.25) is 0 Å². The summed E-state index contributed by atoms with van der Waals surface area (Å²) < 4.78 is 23.4. The molecule has 45 heavy (non-hydrogen) atoms. The normalized spacial score (nSPS) is 48.5. The highest BCUT2D eigenvalue weighted by molar-refractivity contribution is 5.92. The third kappa shape index (κ3) is 7.58. The Morgan fingerprint density at radius 2 is 1.56 bits per heavy atom. The summed E-state index contributed by atoms with van der Waals surface area (Å²) in [5.74, 6) is -1.82. The number of likely N-dealkylation sites (N-methyl/N-ethyl adjacent to an activating group) is 1. The molecule has 2 heterocycles. The molecule has 0 radical (unpaired) electrons. The van der Waals surface area contributed by atoms with Gasteiger partial charge in [0.1, 0.15) is 54.4 Å². The number of Topliss-reactive ketones (excluding diaryl/α,β-unsaturated/α-hetero) is 1. The summed E-state index contributed by atoms with van der Waals surface area (Å²) >= 11 is 0. The van der Waals surface area contributed by atoms with Crippen LogP contribution in [0.4, 0.5) is 0 Å². The molecule has 17 atom stereocenters. The van der Waals surface area contributed by atoms with Gasteiger partial charge in [0.15, 0.2) is 24.3 Å². The molecule has 18 N–H and O–H groups in total. The molecule has 0 bridgehead atoms. The first-order valence-corrected chi connectivity index (χ1v) is 15.1. The van der Waals surface area contributed by atoms with Crippen LogP contribution in [-0.4, -0.2) is 164 Å². The maximum atomic E-state index is 13.3. The molecule has 0 amide bonds. The smallest absolute Gasteiger partial charge is 0.186 e. The van der Waals surface area contributed by atoms with Gasteiger partial charge in [-0.15, -0.1) is 0 Å². The monoisotopic (exact) mass is 651 g/mol. The van der Waals surface area contributed by atoms with Gasteiger partial charge in [0.05, 0.1) is 30.8 Å². The predicted molar refractivity (Wildman–Crippen MR) is 154 cm³/mol. The Bertz CT molecular complexity index is 1040. The average molecular weight is 652 g/mol. The second-order valence-corrected chi connectivity index (χ2v) is 12.4. The van der Waals surface area contributed by atoms with Gasteiger partial charge in [-0.3, -0.25) is 4.79 Å². The molecule has 3 unspecified atom stereocenters. The minimum atomic E-state index is -1.84. The van der Waals surface area contributed by atoms with E-state index in [9.17, 15) is 40.5 Å². The SMILES string of the molecule is CCNC[C@H]1O[C@H](OC2[C@@H](N)C[C@@H](CC(=O)C3(O)CC3N=C(N)N)[C@H](O[C@H]3O[C@H](CO)[C@@H](O)[C@H](N)[C@H]3O)[C@H]2O)[C@H](N)[C@@H](O)[C@@H]1O. The van der Waals surface area contributed by atoms with Gasteiger partial charge in [0, 0.05) is 25.4 Å². The number of guanidine groups is 1. The zero-order valence-corrected chi connectivity index (χ0v) is 25.0. The molecule has 0 spiro atoms.